The number of fused-ring (bicyclic) bond motifs is 1. The molecule has 0 radical (unpaired) electrons. The van der Waals surface area contributed by atoms with Gasteiger partial charge in [0.05, 0.1) is 23.4 Å². The topological polar surface area (TPSA) is 95.3 Å². The average molecular weight is 375 g/mol. The number of hydrogen-bond donors (Lipinski definition) is 2. The molecule has 7 heteroatoms. The zero-order chi connectivity index (χ0) is 19.8. The van der Waals surface area contributed by atoms with Crippen molar-refractivity contribution in [3.05, 3.63) is 80.6 Å². The Hall–Kier alpha value is -3.87. The molecule has 0 saturated carbocycles. The molecule has 3 aromatic rings. The van der Waals surface area contributed by atoms with Crippen molar-refractivity contribution in [3.8, 4) is 5.75 Å². The van der Waals surface area contributed by atoms with Crippen LogP contribution in [0.3, 0.4) is 0 Å². The van der Waals surface area contributed by atoms with Crippen LogP contribution < -0.4 is 25.8 Å². The molecule has 0 atom stereocenters. The predicted molar refractivity (Wildman–Crippen MR) is 105 cm³/mol. The second kappa shape index (κ2) is 6.70. The summed E-state index contributed by atoms with van der Waals surface area (Å²) >= 11 is 0. The highest BCUT2D eigenvalue weighted by Crippen LogP contribution is 2.28. The van der Waals surface area contributed by atoms with Gasteiger partial charge in [-0.2, -0.15) is 0 Å². The fraction of sp³-hybridized carbons (Fsp3) is 0.0952. The highest BCUT2D eigenvalue weighted by molar-refractivity contribution is 6.51. The van der Waals surface area contributed by atoms with E-state index in [1.165, 1.54) is 12.0 Å². The van der Waals surface area contributed by atoms with Gasteiger partial charge in [-0.05, 0) is 24.3 Å². The lowest BCUT2D eigenvalue weighted by Gasteiger charge is -2.25. The van der Waals surface area contributed by atoms with Crippen LogP contribution in [-0.4, -0.2) is 36.0 Å². The standard InChI is InChI=1S/C21H17N3O4/c1-24-15-9-5-4-8-13(15)19(25)17(21(24)27)18-14(20(26)23-22-18)11-12-7-3-6-10-16(12)28-2/h3-11,22H,1-2H3,(H,23,26)/b14-11-,18-17+. The van der Waals surface area contributed by atoms with Crippen LogP contribution in [0.5, 0.6) is 5.75 Å². The predicted octanol–water partition coefficient (Wildman–Crippen LogP) is 0.550. The van der Waals surface area contributed by atoms with Crippen LogP contribution in [0.15, 0.2) is 53.3 Å². The molecule has 1 aliphatic rings. The molecule has 1 aromatic heterocycles. The van der Waals surface area contributed by atoms with Gasteiger partial charge in [0.25, 0.3) is 11.5 Å². The molecule has 2 aromatic carbocycles. The maximum Gasteiger partial charge on any atom is 0.271 e. The van der Waals surface area contributed by atoms with Gasteiger partial charge in [0.2, 0.25) is 5.78 Å². The number of para-hydroxylation sites is 2. The second-order valence-electron chi connectivity index (χ2n) is 6.34. The number of rotatable bonds is 2. The van der Waals surface area contributed by atoms with Crippen molar-refractivity contribution < 1.29 is 14.3 Å². The van der Waals surface area contributed by atoms with Crippen LogP contribution in [0.25, 0.3) is 11.6 Å². The number of anilines is 1. The molecule has 0 spiro atoms. The largest absolute Gasteiger partial charge is 0.496 e. The molecule has 4 rings (SSSR count). The molecule has 0 unspecified atom stereocenters. The number of hydrogen-bond acceptors (Lipinski definition) is 4. The third kappa shape index (κ3) is 2.64. The van der Waals surface area contributed by atoms with E-state index in [9.17, 15) is 14.4 Å². The summed E-state index contributed by atoms with van der Waals surface area (Å²) in [7, 11) is 3.13. The highest BCUT2D eigenvalue weighted by atomic mass is 16.5. The first-order chi connectivity index (χ1) is 13.5. The number of aromatic nitrogens is 2. The molecule has 1 amide bonds. The number of Topliss-reactive ketones (excluding diaryl/α,β-unsaturated/α-hetero) is 1. The Morgan fingerprint density at radius 3 is 2.46 bits per heavy atom. The summed E-state index contributed by atoms with van der Waals surface area (Å²) in [6.45, 7) is 0. The summed E-state index contributed by atoms with van der Waals surface area (Å²) in [5.41, 5.74) is 1.08. The molecule has 2 N–H and O–H groups in total. The van der Waals surface area contributed by atoms with E-state index in [-0.39, 0.29) is 16.1 Å². The van der Waals surface area contributed by atoms with E-state index in [0.29, 0.717) is 22.6 Å². The lowest BCUT2D eigenvalue weighted by molar-refractivity contribution is -0.113. The summed E-state index contributed by atoms with van der Waals surface area (Å²) in [5, 5.41) is 5.52. The van der Waals surface area contributed by atoms with E-state index < -0.39 is 17.2 Å². The number of ketones is 1. The van der Waals surface area contributed by atoms with E-state index in [0.717, 1.165) is 0 Å². The molecule has 0 aliphatic carbocycles. The molecule has 2 heterocycles. The summed E-state index contributed by atoms with van der Waals surface area (Å²) in [6.07, 6.45) is 1.59. The Bertz CT molecular complexity index is 1280. The van der Waals surface area contributed by atoms with Crippen molar-refractivity contribution >= 4 is 29.0 Å². The molecule has 28 heavy (non-hydrogen) atoms. The highest BCUT2D eigenvalue weighted by Gasteiger charge is 2.33. The van der Waals surface area contributed by atoms with Crippen LogP contribution in [0.2, 0.25) is 0 Å². The van der Waals surface area contributed by atoms with Crippen molar-refractivity contribution in [2.45, 2.75) is 0 Å². The summed E-state index contributed by atoms with van der Waals surface area (Å²) in [6, 6.07) is 14.0. The van der Waals surface area contributed by atoms with Crippen molar-refractivity contribution in [1.29, 1.82) is 0 Å². The number of methoxy groups -OCH3 is 1. The Morgan fingerprint density at radius 2 is 1.68 bits per heavy atom. The first kappa shape index (κ1) is 17.5. The minimum Gasteiger partial charge on any atom is -0.496 e. The number of amides is 1. The normalized spacial score (nSPS) is 16.4. The number of ether oxygens (including phenoxy) is 1. The van der Waals surface area contributed by atoms with Crippen molar-refractivity contribution in [1.82, 2.24) is 10.2 Å². The van der Waals surface area contributed by atoms with E-state index in [4.69, 9.17) is 4.74 Å². The van der Waals surface area contributed by atoms with E-state index >= 15 is 0 Å². The van der Waals surface area contributed by atoms with Gasteiger partial charge >= 0.3 is 0 Å². The Labute approximate surface area is 159 Å². The number of nitrogens with zero attached hydrogens (tertiary/aromatic N) is 1. The number of H-pyrrole nitrogens is 2. The molecule has 140 valence electrons. The number of benzene rings is 2. The summed E-state index contributed by atoms with van der Waals surface area (Å²) in [4.78, 5) is 39.8. The monoisotopic (exact) mass is 375 g/mol. The summed E-state index contributed by atoms with van der Waals surface area (Å²) < 4.78 is 5.32. The third-order valence-corrected chi connectivity index (χ3v) is 4.76. The van der Waals surface area contributed by atoms with Gasteiger partial charge < -0.3 is 9.64 Å². The zero-order valence-corrected chi connectivity index (χ0v) is 15.3. The van der Waals surface area contributed by atoms with E-state index in [1.54, 1.807) is 49.5 Å². The van der Waals surface area contributed by atoms with E-state index in [1.807, 2.05) is 12.1 Å². The average Bonchev–Trinajstić information content (AvgIpc) is 3.07. The van der Waals surface area contributed by atoms with E-state index in [2.05, 4.69) is 10.2 Å². The van der Waals surface area contributed by atoms with Gasteiger partial charge in [-0.25, -0.2) is 0 Å². The van der Waals surface area contributed by atoms with Gasteiger partial charge in [0.1, 0.15) is 11.3 Å². The lowest BCUT2D eigenvalue weighted by atomic mass is 9.95. The number of carbonyl (C=O) groups excluding carboxylic acids is 2. The van der Waals surface area contributed by atoms with Gasteiger partial charge in [0, 0.05) is 18.2 Å². The molecule has 1 aliphatic heterocycles. The minimum absolute atomic E-state index is 0.0827. The van der Waals surface area contributed by atoms with Gasteiger partial charge in [-0.1, -0.05) is 30.3 Å². The first-order valence-corrected chi connectivity index (χ1v) is 8.60. The molecular formula is C21H17N3O4. The van der Waals surface area contributed by atoms with Crippen molar-refractivity contribution in [2.24, 2.45) is 0 Å². The SMILES string of the molecule is COc1ccccc1/C=c1\c(=O)[nH][nH]\c1=C1/C(=O)c2ccccc2N(C)C1=O. The Morgan fingerprint density at radius 1 is 0.964 bits per heavy atom. The zero-order valence-electron chi connectivity index (χ0n) is 15.3. The first-order valence-electron chi connectivity index (χ1n) is 8.60. The Kier molecular flexibility index (Phi) is 4.19. The number of aromatic amines is 2. The number of carbonyl (C=O) groups is 2. The number of nitrogens with one attached hydrogen (secondary N) is 2. The molecular weight excluding hydrogens is 358 g/mol. The smallest absolute Gasteiger partial charge is 0.271 e. The fourth-order valence-corrected chi connectivity index (χ4v) is 3.33. The van der Waals surface area contributed by atoms with Crippen molar-refractivity contribution in [2.75, 3.05) is 19.1 Å². The quantitative estimate of drug-likeness (QED) is 0.684. The fourth-order valence-electron chi connectivity index (χ4n) is 3.33. The molecule has 0 saturated heterocycles. The second-order valence-corrected chi connectivity index (χ2v) is 6.34. The summed E-state index contributed by atoms with van der Waals surface area (Å²) in [5.74, 6) is -0.333. The third-order valence-electron chi connectivity index (χ3n) is 4.76. The van der Waals surface area contributed by atoms with Crippen LogP contribution in [0, 0.1) is 0 Å². The minimum atomic E-state index is -0.478. The van der Waals surface area contributed by atoms with Crippen LogP contribution in [-0.2, 0) is 4.79 Å². The maximum atomic E-state index is 13.1. The maximum absolute atomic E-state index is 13.1. The van der Waals surface area contributed by atoms with Gasteiger partial charge in [-0.15, -0.1) is 0 Å². The van der Waals surface area contributed by atoms with Gasteiger partial charge in [-0.3, -0.25) is 24.6 Å². The molecule has 0 fully saturated rings. The lowest BCUT2D eigenvalue weighted by Crippen LogP contribution is -2.44. The van der Waals surface area contributed by atoms with Crippen molar-refractivity contribution in [3.63, 3.8) is 0 Å². The van der Waals surface area contributed by atoms with Crippen LogP contribution in [0.1, 0.15) is 15.9 Å². The Balaban J connectivity index is 2.05. The van der Waals surface area contributed by atoms with Crippen LogP contribution >= 0.6 is 0 Å². The van der Waals surface area contributed by atoms with Crippen LogP contribution in [0.4, 0.5) is 5.69 Å². The van der Waals surface area contributed by atoms with Gasteiger partial charge in [0.15, 0.2) is 0 Å². The molecule has 7 nitrogen and oxygen atoms in total. The molecule has 0 bridgehead atoms.